The van der Waals surface area contributed by atoms with Crippen LogP contribution in [-0.4, -0.2) is 38.5 Å². The molecule has 1 aliphatic rings. The Bertz CT molecular complexity index is 695. The van der Waals surface area contributed by atoms with Crippen LogP contribution in [-0.2, 0) is 0 Å². The van der Waals surface area contributed by atoms with E-state index in [-0.39, 0.29) is 5.56 Å². The predicted molar refractivity (Wildman–Crippen MR) is 85.2 cm³/mol. The molecule has 2 aromatic rings. The molecule has 1 saturated heterocycles. The standard InChI is InChI=1S/C16H18N4O3/c21-14(22)12-5-3-6-13(11-12)20-10-2-1-7-16(20,23)19-15-17-8-4-9-18-15/h3-6,8-9,11,23H,1-2,7,10H2,(H,21,22)(H,17,18,19). The number of hydrogen-bond acceptors (Lipinski definition) is 6. The highest BCUT2D eigenvalue weighted by Crippen LogP contribution is 2.32. The van der Waals surface area contributed by atoms with Gasteiger partial charge >= 0.3 is 5.97 Å². The molecule has 1 aromatic carbocycles. The highest BCUT2D eigenvalue weighted by molar-refractivity contribution is 5.88. The van der Waals surface area contributed by atoms with Gasteiger partial charge in [-0.25, -0.2) is 14.8 Å². The first-order chi connectivity index (χ1) is 11.1. The van der Waals surface area contributed by atoms with Crippen molar-refractivity contribution in [2.24, 2.45) is 0 Å². The second-order valence-corrected chi connectivity index (χ2v) is 5.48. The van der Waals surface area contributed by atoms with Gasteiger partial charge in [-0.05, 0) is 37.1 Å². The van der Waals surface area contributed by atoms with Gasteiger partial charge in [0.15, 0.2) is 0 Å². The maximum Gasteiger partial charge on any atom is 0.335 e. The van der Waals surface area contributed by atoms with Gasteiger partial charge in [-0.2, -0.15) is 0 Å². The minimum Gasteiger partial charge on any atom is -0.478 e. The zero-order valence-corrected chi connectivity index (χ0v) is 12.5. The fourth-order valence-corrected chi connectivity index (χ4v) is 2.78. The molecule has 3 rings (SSSR count). The largest absolute Gasteiger partial charge is 0.478 e. The summed E-state index contributed by atoms with van der Waals surface area (Å²) in [5.41, 5.74) is 0.835. The molecule has 1 fully saturated rings. The van der Waals surface area contributed by atoms with Crippen molar-refractivity contribution in [1.29, 1.82) is 0 Å². The van der Waals surface area contributed by atoms with Gasteiger partial charge in [-0.1, -0.05) is 6.07 Å². The van der Waals surface area contributed by atoms with Crippen molar-refractivity contribution in [1.82, 2.24) is 9.97 Å². The summed E-state index contributed by atoms with van der Waals surface area (Å²) in [4.78, 5) is 21.1. The van der Waals surface area contributed by atoms with Gasteiger partial charge in [0.25, 0.3) is 0 Å². The zero-order valence-electron chi connectivity index (χ0n) is 12.5. The minimum atomic E-state index is -1.35. The number of aromatic carboxylic acids is 1. The quantitative estimate of drug-likeness (QED) is 0.742. The van der Waals surface area contributed by atoms with E-state index in [1.807, 2.05) is 0 Å². The maximum absolute atomic E-state index is 11.2. The summed E-state index contributed by atoms with van der Waals surface area (Å²) in [5.74, 6) is -2.01. The molecule has 0 spiro atoms. The van der Waals surface area contributed by atoms with Crippen LogP contribution in [0.4, 0.5) is 11.6 Å². The number of benzene rings is 1. The first kappa shape index (κ1) is 15.2. The molecule has 7 heteroatoms. The fourth-order valence-electron chi connectivity index (χ4n) is 2.78. The maximum atomic E-state index is 11.2. The van der Waals surface area contributed by atoms with Gasteiger partial charge in [0.05, 0.1) is 5.56 Å². The van der Waals surface area contributed by atoms with Gasteiger partial charge in [-0.3, -0.25) is 0 Å². The number of carbonyl (C=O) groups is 1. The minimum absolute atomic E-state index is 0.186. The Morgan fingerprint density at radius 1 is 1.22 bits per heavy atom. The number of aromatic nitrogens is 2. The van der Waals surface area contributed by atoms with Gasteiger partial charge in [0, 0.05) is 31.0 Å². The summed E-state index contributed by atoms with van der Waals surface area (Å²) in [6.07, 6.45) is 5.44. The molecule has 120 valence electrons. The molecule has 0 saturated carbocycles. The van der Waals surface area contributed by atoms with E-state index < -0.39 is 11.8 Å². The number of nitrogens with one attached hydrogen (secondary N) is 1. The molecule has 3 N–H and O–H groups in total. The van der Waals surface area contributed by atoms with E-state index in [2.05, 4.69) is 15.3 Å². The van der Waals surface area contributed by atoms with Crippen molar-refractivity contribution in [3.63, 3.8) is 0 Å². The monoisotopic (exact) mass is 314 g/mol. The molecule has 2 heterocycles. The van der Waals surface area contributed by atoms with Gasteiger partial charge in [0.1, 0.15) is 0 Å². The van der Waals surface area contributed by atoms with Crippen LogP contribution in [0.15, 0.2) is 42.7 Å². The Morgan fingerprint density at radius 3 is 2.74 bits per heavy atom. The van der Waals surface area contributed by atoms with Crippen LogP contribution in [0, 0.1) is 0 Å². The number of carboxylic acid groups (broad SMARTS) is 1. The molecule has 0 bridgehead atoms. The number of hydrogen-bond donors (Lipinski definition) is 3. The number of anilines is 2. The van der Waals surface area contributed by atoms with Crippen molar-refractivity contribution in [3.8, 4) is 0 Å². The Morgan fingerprint density at radius 2 is 2.00 bits per heavy atom. The lowest BCUT2D eigenvalue weighted by Gasteiger charge is -2.44. The van der Waals surface area contributed by atoms with Crippen LogP contribution in [0.1, 0.15) is 29.6 Å². The van der Waals surface area contributed by atoms with E-state index >= 15 is 0 Å². The summed E-state index contributed by atoms with van der Waals surface area (Å²) in [5, 5.41) is 23.2. The number of aliphatic hydroxyl groups is 1. The number of piperidine rings is 1. The summed E-state index contributed by atoms with van der Waals surface area (Å²) in [6.45, 7) is 0.611. The molecule has 23 heavy (non-hydrogen) atoms. The second-order valence-electron chi connectivity index (χ2n) is 5.48. The lowest BCUT2D eigenvalue weighted by atomic mass is 10.0. The number of rotatable bonds is 4. The third-order valence-electron chi connectivity index (χ3n) is 3.89. The molecule has 0 aliphatic carbocycles. The lowest BCUT2D eigenvalue weighted by molar-refractivity contribution is 0.0399. The topological polar surface area (TPSA) is 98.6 Å². The Labute approximate surface area is 133 Å². The molecule has 1 atom stereocenters. The van der Waals surface area contributed by atoms with Crippen molar-refractivity contribution < 1.29 is 15.0 Å². The van der Waals surface area contributed by atoms with Crippen LogP contribution < -0.4 is 10.2 Å². The second kappa shape index (κ2) is 6.21. The Balaban J connectivity index is 1.92. The van der Waals surface area contributed by atoms with Crippen LogP contribution in [0.3, 0.4) is 0 Å². The van der Waals surface area contributed by atoms with Gasteiger partial charge in [0.2, 0.25) is 11.8 Å². The lowest BCUT2D eigenvalue weighted by Crippen LogP contribution is -2.58. The highest BCUT2D eigenvalue weighted by atomic mass is 16.4. The average molecular weight is 314 g/mol. The van der Waals surface area contributed by atoms with Crippen molar-refractivity contribution in [2.45, 2.75) is 25.1 Å². The normalized spacial score (nSPS) is 21.0. The first-order valence-corrected chi connectivity index (χ1v) is 7.47. The number of nitrogens with zero attached hydrogens (tertiary/aromatic N) is 3. The first-order valence-electron chi connectivity index (χ1n) is 7.47. The van der Waals surface area contributed by atoms with Gasteiger partial charge < -0.3 is 20.4 Å². The van der Waals surface area contributed by atoms with Crippen LogP contribution in [0.2, 0.25) is 0 Å². The molecule has 1 unspecified atom stereocenters. The summed E-state index contributed by atoms with van der Waals surface area (Å²) in [6, 6.07) is 8.25. The zero-order chi connectivity index (χ0) is 16.3. The SMILES string of the molecule is O=C(O)c1cccc(N2CCCCC2(O)Nc2ncccn2)c1. The summed E-state index contributed by atoms with van der Waals surface area (Å²) < 4.78 is 0. The van der Waals surface area contributed by atoms with Gasteiger partial charge in [-0.15, -0.1) is 0 Å². The highest BCUT2D eigenvalue weighted by Gasteiger charge is 2.38. The van der Waals surface area contributed by atoms with Crippen molar-refractivity contribution in [2.75, 3.05) is 16.8 Å². The van der Waals surface area contributed by atoms with E-state index in [9.17, 15) is 9.90 Å². The Kier molecular flexibility index (Phi) is 4.12. The molecule has 0 amide bonds. The molecule has 0 radical (unpaired) electrons. The third-order valence-corrected chi connectivity index (χ3v) is 3.89. The molecule has 1 aliphatic heterocycles. The summed E-state index contributed by atoms with van der Waals surface area (Å²) in [7, 11) is 0. The van der Waals surface area contributed by atoms with E-state index in [1.165, 1.54) is 6.07 Å². The fraction of sp³-hybridized carbons (Fsp3) is 0.312. The van der Waals surface area contributed by atoms with Crippen LogP contribution in [0.5, 0.6) is 0 Å². The van der Waals surface area contributed by atoms with E-state index in [0.29, 0.717) is 24.6 Å². The average Bonchev–Trinajstić information content (AvgIpc) is 2.56. The Hall–Kier alpha value is -2.67. The molecular formula is C16H18N4O3. The number of carboxylic acids is 1. The molecular weight excluding hydrogens is 296 g/mol. The smallest absolute Gasteiger partial charge is 0.335 e. The predicted octanol–water partition coefficient (Wildman–Crippen LogP) is 1.92. The van der Waals surface area contributed by atoms with Crippen molar-refractivity contribution >= 4 is 17.6 Å². The van der Waals surface area contributed by atoms with Crippen molar-refractivity contribution in [3.05, 3.63) is 48.3 Å². The van der Waals surface area contributed by atoms with E-state index in [4.69, 9.17) is 5.11 Å². The molecule has 7 nitrogen and oxygen atoms in total. The third kappa shape index (κ3) is 3.24. The van der Waals surface area contributed by atoms with Crippen LogP contribution in [0.25, 0.3) is 0 Å². The summed E-state index contributed by atoms with van der Waals surface area (Å²) >= 11 is 0. The molecule has 1 aromatic heterocycles. The van der Waals surface area contributed by atoms with E-state index in [0.717, 1.165) is 12.8 Å². The van der Waals surface area contributed by atoms with Crippen LogP contribution >= 0.6 is 0 Å². The van der Waals surface area contributed by atoms with E-state index in [1.54, 1.807) is 41.6 Å².